The van der Waals surface area contributed by atoms with Crippen molar-refractivity contribution in [2.75, 3.05) is 0 Å². The van der Waals surface area contributed by atoms with Gasteiger partial charge in [-0.15, -0.1) is 22.7 Å². The Bertz CT molecular complexity index is 4880. The van der Waals surface area contributed by atoms with Crippen molar-refractivity contribution >= 4 is 144 Å². The van der Waals surface area contributed by atoms with Crippen LogP contribution < -0.4 is 5.46 Å². The molecule has 0 radical (unpaired) electrons. The molecule has 2 N–H and O–H groups in total. The molecule has 0 aliphatic carbocycles. The van der Waals surface area contributed by atoms with Crippen molar-refractivity contribution in [3.05, 3.63) is 267 Å². The highest BCUT2D eigenvalue weighted by molar-refractivity contribution is 14.1. The minimum Gasteiger partial charge on any atom is -0.423 e. The van der Waals surface area contributed by atoms with E-state index in [-0.39, 0.29) is 47.4 Å². The topological polar surface area (TPSA) is 40.5 Å². The van der Waals surface area contributed by atoms with E-state index < -0.39 is 31.3 Å². The van der Waals surface area contributed by atoms with Gasteiger partial charge in [-0.2, -0.15) is 0 Å². The summed E-state index contributed by atoms with van der Waals surface area (Å²) >= 11 is 18.8. The molecule has 0 spiro atoms. The van der Waals surface area contributed by atoms with E-state index in [0.717, 1.165) is 58.2 Å². The van der Waals surface area contributed by atoms with Crippen LogP contribution in [0.15, 0.2) is 255 Å². The van der Waals surface area contributed by atoms with Gasteiger partial charge in [-0.05, 0) is 117 Å². The number of benzene rings is 12. The van der Waals surface area contributed by atoms with Crippen molar-refractivity contribution in [2.45, 2.75) is 0 Å². The second kappa shape index (κ2) is 21.9. The molecule has 0 amide bonds. The van der Waals surface area contributed by atoms with E-state index in [1.54, 1.807) is 71.2 Å². The minimum absolute atomic E-state index is 0.0948. The fourth-order valence-corrected chi connectivity index (χ4v) is 14.3. The second-order valence-electron chi connectivity index (χ2n) is 17.6. The third kappa shape index (κ3) is 9.28. The van der Waals surface area contributed by atoms with Crippen LogP contribution in [0, 0.1) is 2.88 Å². The average molecular weight is 1180 g/mol. The van der Waals surface area contributed by atoms with E-state index in [1.165, 1.54) is 24.1 Å². The quantitative estimate of drug-likeness (QED) is 0.0990. The largest absolute Gasteiger partial charge is 0.489 e. The van der Waals surface area contributed by atoms with Crippen LogP contribution >= 0.6 is 68.5 Å². The second-order valence-corrected chi connectivity index (χ2v) is 22.3. The molecule has 2 heterocycles. The zero-order valence-corrected chi connectivity index (χ0v) is 45.2. The highest BCUT2D eigenvalue weighted by Crippen LogP contribution is 2.52. The zero-order chi connectivity index (χ0) is 60.4. The molecule has 0 saturated heterocycles. The van der Waals surface area contributed by atoms with Crippen LogP contribution in [0.3, 0.4) is 0 Å². The van der Waals surface area contributed by atoms with Crippen molar-refractivity contribution in [2.24, 2.45) is 0 Å². The fraction of sp³-hybridized carbons (Fsp3) is 0. The van der Waals surface area contributed by atoms with Crippen LogP contribution in [0.2, 0.25) is 10.0 Å². The van der Waals surface area contributed by atoms with Gasteiger partial charge in [0.15, 0.2) is 0 Å². The Balaban J connectivity index is 0.000000138. The van der Waals surface area contributed by atoms with Crippen molar-refractivity contribution in [1.29, 1.82) is 0 Å². The third-order valence-corrected chi connectivity index (χ3v) is 17.6. The summed E-state index contributed by atoms with van der Waals surface area (Å²) in [6.07, 6.45) is 0. The summed E-state index contributed by atoms with van der Waals surface area (Å²) in [7, 11) is -1.72. The number of hydrogen-bond donors (Lipinski definition) is 2. The zero-order valence-electron chi connectivity index (χ0n) is 49.9. The van der Waals surface area contributed by atoms with Gasteiger partial charge in [0.2, 0.25) is 0 Å². The van der Waals surface area contributed by atoms with Crippen LogP contribution in [0.4, 0.5) is 0 Å². The molecule has 0 unspecified atom stereocenters. The first-order valence-corrected chi connectivity index (χ1v) is 27.5. The molecular weight excluding hydrogens is 1120 g/mol. The molecular formula is C68H44BCl2IO2S2. The first kappa shape index (κ1) is 39.3. The van der Waals surface area contributed by atoms with Crippen LogP contribution in [0.5, 0.6) is 0 Å². The van der Waals surface area contributed by atoms with Crippen molar-refractivity contribution < 1.29 is 23.8 Å². The fourth-order valence-electron chi connectivity index (χ4n) is 10.2. The summed E-state index contributed by atoms with van der Waals surface area (Å²) in [6, 6.07) is 59.4. The van der Waals surface area contributed by atoms with Gasteiger partial charge in [0.25, 0.3) is 0 Å². The predicted octanol–water partition coefficient (Wildman–Crippen LogP) is 20.0. The Kier molecular flexibility index (Phi) is 11.3. The lowest BCUT2D eigenvalue weighted by molar-refractivity contribution is 0.426. The van der Waals surface area contributed by atoms with Gasteiger partial charge < -0.3 is 10.0 Å². The van der Waals surface area contributed by atoms with Gasteiger partial charge in [0.05, 0.1) is 36.0 Å². The molecule has 0 aliphatic rings. The molecule has 12 aromatic carbocycles. The predicted molar refractivity (Wildman–Crippen MR) is 340 cm³/mol. The maximum atomic E-state index is 10.0. The molecule has 76 heavy (non-hydrogen) atoms. The maximum absolute atomic E-state index is 10.0. The van der Waals surface area contributed by atoms with Crippen LogP contribution in [0.1, 0.15) is 13.7 Å². The molecule has 0 saturated carbocycles. The number of fused-ring (bicyclic) bond motifs is 6. The van der Waals surface area contributed by atoms with Crippen molar-refractivity contribution in [1.82, 2.24) is 0 Å². The molecule has 2 nitrogen and oxygen atoms in total. The van der Waals surface area contributed by atoms with Crippen LogP contribution in [0.25, 0.3) is 118 Å². The smallest absolute Gasteiger partial charge is 0.423 e. The SMILES string of the molecule is Clc1cccc2c(-c3ccccc3)c(I)sc12.[2H]c1c([2H])c([2H])c(-c2c3ccccc3c(-c3sc4c(Cl)cccc4c3-c3ccccc3)c3ccccc23)c([2H])c1[2H].[2H]c1c([2H])c([2H])c(-c2c3ccccc3c(B(O)O)c3ccccc23)c([2H])c1[2H]. The first-order chi connectivity index (χ1) is 41.5. The Morgan fingerprint density at radius 2 is 0.684 bits per heavy atom. The first-order valence-electron chi connectivity index (χ1n) is 29.1. The standard InChI is InChI=1S/C34H21ClS.C20H15BO2.C14H8ClIS/c35-29-21-11-20-28-31(23-14-5-2-6-15-23)34(36-33(28)29)32-26-18-9-7-16-24(26)30(22-12-3-1-4-13-22)25-17-8-10-19-27(25)32;22-21(23)20-17-12-6-4-10-15(17)19(14-8-2-1-3-9-14)16-11-5-7-13-18(16)20;15-11-8-4-7-10-12(14(16)17-13(10)11)9-5-2-1-3-6-9/h1-21H;1-13,22-23H;1-8H/i1D,3D,4D,12D,13D;1D,2D,3D,8D,9D;. The van der Waals surface area contributed by atoms with Gasteiger partial charge in [0, 0.05) is 32.3 Å². The molecule has 0 atom stereocenters. The Morgan fingerprint density at radius 3 is 1.12 bits per heavy atom. The van der Waals surface area contributed by atoms with E-state index in [0.29, 0.717) is 43.2 Å². The molecule has 364 valence electrons. The lowest BCUT2D eigenvalue weighted by atomic mass is 9.72. The molecule has 14 rings (SSSR count). The number of thiophene rings is 2. The summed E-state index contributed by atoms with van der Waals surface area (Å²) in [6.45, 7) is 0. The lowest BCUT2D eigenvalue weighted by Crippen LogP contribution is -2.31. The Morgan fingerprint density at radius 1 is 0.342 bits per heavy atom. The minimum atomic E-state index is -1.72. The number of halogens is 3. The van der Waals surface area contributed by atoms with E-state index in [9.17, 15) is 10.0 Å². The Labute approximate surface area is 487 Å². The number of rotatable bonds is 6. The van der Waals surface area contributed by atoms with Gasteiger partial charge in [0.1, 0.15) is 0 Å². The maximum Gasteiger partial charge on any atom is 0.489 e. The van der Waals surface area contributed by atoms with Gasteiger partial charge >= 0.3 is 7.12 Å². The van der Waals surface area contributed by atoms with E-state index in [2.05, 4.69) is 83.3 Å². The summed E-state index contributed by atoms with van der Waals surface area (Å²) in [5.74, 6) is 0. The monoisotopic (exact) mass is 1170 g/mol. The summed E-state index contributed by atoms with van der Waals surface area (Å²) in [5, 5.41) is 29.7. The lowest BCUT2D eigenvalue weighted by Gasteiger charge is -2.18. The van der Waals surface area contributed by atoms with Crippen molar-refractivity contribution in [3.8, 4) is 54.9 Å². The molecule has 2 aromatic heterocycles. The van der Waals surface area contributed by atoms with Crippen molar-refractivity contribution in [3.63, 3.8) is 0 Å². The molecule has 8 heteroatoms. The van der Waals surface area contributed by atoms with Gasteiger partial charge in [-0.1, -0.05) is 266 Å². The van der Waals surface area contributed by atoms with Crippen LogP contribution in [-0.2, 0) is 0 Å². The molecule has 0 aliphatic heterocycles. The summed E-state index contributed by atoms with van der Waals surface area (Å²) in [4.78, 5) is 1.07. The highest BCUT2D eigenvalue weighted by atomic mass is 127. The van der Waals surface area contributed by atoms with E-state index in [1.807, 2.05) is 84.9 Å². The third-order valence-electron chi connectivity index (χ3n) is 13.3. The molecule has 0 bridgehead atoms. The number of hydrogen-bond acceptors (Lipinski definition) is 4. The van der Waals surface area contributed by atoms with Crippen LogP contribution in [-0.4, -0.2) is 17.2 Å². The van der Waals surface area contributed by atoms with Gasteiger partial charge in [-0.25, -0.2) is 0 Å². The average Bonchev–Trinajstić information content (AvgIpc) is 1.10. The van der Waals surface area contributed by atoms with E-state index in [4.69, 9.17) is 36.9 Å². The normalized spacial score (nSPS) is 13.1. The Hall–Kier alpha value is -7.11. The molecule has 14 aromatic rings. The van der Waals surface area contributed by atoms with E-state index >= 15 is 0 Å². The highest BCUT2D eigenvalue weighted by Gasteiger charge is 2.24. The summed E-state index contributed by atoms with van der Waals surface area (Å²) < 4.78 is 86.6. The molecule has 0 fully saturated rings. The summed E-state index contributed by atoms with van der Waals surface area (Å²) in [5.41, 5.74) is 7.50. The van der Waals surface area contributed by atoms with Gasteiger partial charge in [-0.3, -0.25) is 0 Å².